The van der Waals surface area contributed by atoms with Crippen molar-refractivity contribution in [2.75, 3.05) is 16.8 Å². The Morgan fingerprint density at radius 3 is 2.77 bits per heavy atom. The summed E-state index contributed by atoms with van der Waals surface area (Å²) in [6, 6.07) is 13.1. The smallest absolute Gasteiger partial charge is 0.371 e. The number of anilines is 2. The third-order valence-electron chi connectivity index (χ3n) is 4.48. The second-order valence-corrected chi connectivity index (χ2v) is 7.19. The molecule has 1 unspecified atom stereocenters. The Morgan fingerprint density at radius 2 is 1.96 bits per heavy atom. The van der Waals surface area contributed by atoms with E-state index in [1.165, 1.54) is 0 Å². The van der Waals surface area contributed by atoms with Crippen molar-refractivity contribution in [2.45, 2.75) is 18.8 Å². The molecule has 1 aliphatic heterocycles. The molecular weight excluding hydrogens is 407 g/mol. The van der Waals surface area contributed by atoms with E-state index >= 15 is 0 Å². The molecule has 2 aromatic carbocycles. The Kier molecular flexibility index (Phi) is 4.26. The summed E-state index contributed by atoms with van der Waals surface area (Å²) < 4.78 is 40.9. The highest BCUT2D eigenvalue weighted by Crippen LogP contribution is 2.37. The molecule has 0 bridgehead atoms. The van der Waals surface area contributed by atoms with E-state index in [1.807, 2.05) is 36.4 Å². The van der Waals surface area contributed by atoms with Gasteiger partial charge in [0.25, 0.3) is 0 Å². The molecule has 0 fully saturated rings. The van der Waals surface area contributed by atoms with Crippen LogP contribution in [0.4, 0.5) is 24.5 Å². The van der Waals surface area contributed by atoms with Crippen LogP contribution in [0.2, 0.25) is 0 Å². The minimum Gasteiger partial charge on any atom is -0.371 e. The van der Waals surface area contributed by atoms with E-state index in [1.54, 1.807) is 23.2 Å². The van der Waals surface area contributed by atoms with Gasteiger partial charge in [0, 0.05) is 29.1 Å². The monoisotopic (exact) mass is 421 g/mol. The van der Waals surface area contributed by atoms with Crippen molar-refractivity contribution in [2.24, 2.45) is 0 Å². The largest absolute Gasteiger partial charge is 0.410 e. The molecule has 1 aliphatic rings. The van der Waals surface area contributed by atoms with Gasteiger partial charge in [0.1, 0.15) is 6.04 Å². The molecule has 0 spiro atoms. The first-order valence-corrected chi connectivity index (χ1v) is 8.91. The SMILES string of the molecule is FC(F)(F)C1CN(Cc2cc(Br)cc3cccnc23)c2ccccc2N1. The van der Waals surface area contributed by atoms with Crippen LogP contribution in [0.15, 0.2) is 59.2 Å². The van der Waals surface area contributed by atoms with Gasteiger partial charge in [0.2, 0.25) is 0 Å². The highest BCUT2D eigenvalue weighted by molar-refractivity contribution is 9.10. The molecule has 3 nitrogen and oxygen atoms in total. The molecule has 0 aliphatic carbocycles. The summed E-state index contributed by atoms with van der Waals surface area (Å²) in [5.74, 6) is 0. The van der Waals surface area contributed by atoms with Gasteiger partial charge < -0.3 is 10.2 Å². The topological polar surface area (TPSA) is 28.2 Å². The summed E-state index contributed by atoms with van der Waals surface area (Å²) in [7, 11) is 0. The Labute approximate surface area is 157 Å². The maximum Gasteiger partial charge on any atom is 0.410 e. The third kappa shape index (κ3) is 3.23. The standard InChI is InChI=1S/C19H15BrF3N3/c20-14-8-12-4-3-7-24-18(12)13(9-14)10-26-11-17(19(21,22)23)25-15-5-1-2-6-16(15)26/h1-9,17,25H,10-11H2. The van der Waals surface area contributed by atoms with Crippen LogP contribution in [0.25, 0.3) is 10.9 Å². The van der Waals surface area contributed by atoms with Gasteiger partial charge in [-0.15, -0.1) is 0 Å². The number of halogens is 4. The fourth-order valence-electron chi connectivity index (χ4n) is 3.31. The number of fused-ring (bicyclic) bond motifs is 2. The molecule has 4 rings (SSSR count). The van der Waals surface area contributed by atoms with Crippen LogP contribution in [0.1, 0.15) is 5.56 Å². The molecular formula is C19H15BrF3N3. The Morgan fingerprint density at radius 1 is 1.15 bits per heavy atom. The van der Waals surface area contributed by atoms with Crippen LogP contribution in [0, 0.1) is 0 Å². The lowest BCUT2D eigenvalue weighted by Crippen LogP contribution is -2.49. The first-order valence-electron chi connectivity index (χ1n) is 8.12. The van der Waals surface area contributed by atoms with Crippen LogP contribution >= 0.6 is 15.9 Å². The summed E-state index contributed by atoms with van der Waals surface area (Å²) >= 11 is 3.48. The lowest BCUT2D eigenvalue weighted by molar-refractivity contribution is -0.140. The van der Waals surface area contributed by atoms with Crippen LogP contribution in [-0.2, 0) is 6.54 Å². The van der Waals surface area contributed by atoms with Gasteiger partial charge >= 0.3 is 6.18 Å². The van der Waals surface area contributed by atoms with E-state index in [4.69, 9.17) is 0 Å². The Hall–Kier alpha value is -2.28. The number of nitrogens with one attached hydrogen (secondary N) is 1. The zero-order valence-electron chi connectivity index (χ0n) is 13.6. The van der Waals surface area contributed by atoms with E-state index in [-0.39, 0.29) is 6.54 Å². The van der Waals surface area contributed by atoms with Crippen LogP contribution in [0.5, 0.6) is 0 Å². The average Bonchev–Trinajstić information content (AvgIpc) is 2.60. The van der Waals surface area contributed by atoms with Crippen LogP contribution < -0.4 is 10.2 Å². The summed E-state index contributed by atoms with van der Waals surface area (Å²) in [5, 5.41) is 3.56. The van der Waals surface area contributed by atoms with Crippen molar-refractivity contribution in [3.63, 3.8) is 0 Å². The lowest BCUT2D eigenvalue weighted by atomic mass is 10.1. The maximum absolute atomic E-state index is 13.4. The van der Waals surface area contributed by atoms with Crippen molar-refractivity contribution in [3.8, 4) is 0 Å². The molecule has 7 heteroatoms. The third-order valence-corrected chi connectivity index (χ3v) is 4.94. The van der Waals surface area contributed by atoms with Gasteiger partial charge in [0.15, 0.2) is 0 Å². The van der Waals surface area contributed by atoms with Crippen molar-refractivity contribution in [3.05, 3.63) is 64.8 Å². The lowest BCUT2D eigenvalue weighted by Gasteiger charge is -2.38. The molecule has 3 aromatic rings. The maximum atomic E-state index is 13.4. The molecule has 1 atom stereocenters. The number of rotatable bonds is 2. The second-order valence-electron chi connectivity index (χ2n) is 6.28. The molecule has 0 saturated carbocycles. The van der Waals surface area contributed by atoms with Crippen molar-refractivity contribution in [1.82, 2.24) is 4.98 Å². The number of nitrogens with zero attached hydrogens (tertiary/aromatic N) is 2. The van der Waals surface area contributed by atoms with E-state index in [9.17, 15) is 13.2 Å². The first-order chi connectivity index (χ1) is 12.4. The normalized spacial score (nSPS) is 17.1. The minimum absolute atomic E-state index is 0.151. The first kappa shape index (κ1) is 17.1. The summed E-state index contributed by atoms with van der Waals surface area (Å²) in [5.41, 5.74) is 2.94. The second kappa shape index (κ2) is 6.46. The van der Waals surface area contributed by atoms with Gasteiger partial charge in [-0.3, -0.25) is 4.98 Å². The number of alkyl halides is 3. The molecule has 1 aromatic heterocycles. The summed E-state index contributed by atoms with van der Waals surface area (Å²) in [6.07, 6.45) is -2.62. The zero-order valence-corrected chi connectivity index (χ0v) is 15.2. The Balaban J connectivity index is 1.76. The number of para-hydroxylation sites is 2. The molecule has 0 saturated heterocycles. The molecule has 1 N–H and O–H groups in total. The predicted molar refractivity (Wildman–Crippen MR) is 100 cm³/mol. The van der Waals surface area contributed by atoms with E-state index in [0.29, 0.717) is 12.2 Å². The van der Waals surface area contributed by atoms with Gasteiger partial charge in [-0.1, -0.05) is 34.1 Å². The van der Waals surface area contributed by atoms with Crippen molar-refractivity contribution < 1.29 is 13.2 Å². The zero-order chi connectivity index (χ0) is 18.3. The number of pyridine rings is 1. The average molecular weight is 422 g/mol. The quantitative estimate of drug-likeness (QED) is 0.603. The van der Waals surface area contributed by atoms with Crippen molar-refractivity contribution in [1.29, 1.82) is 0 Å². The van der Waals surface area contributed by atoms with Crippen molar-refractivity contribution >= 4 is 38.2 Å². The van der Waals surface area contributed by atoms with Crippen LogP contribution in [0.3, 0.4) is 0 Å². The number of hydrogen-bond donors (Lipinski definition) is 1. The highest BCUT2D eigenvalue weighted by Gasteiger charge is 2.43. The van der Waals surface area contributed by atoms with Gasteiger partial charge in [-0.2, -0.15) is 13.2 Å². The highest BCUT2D eigenvalue weighted by atomic mass is 79.9. The fourth-order valence-corrected chi connectivity index (χ4v) is 3.84. The summed E-state index contributed by atoms with van der Waals surface area (Å²) in [4.78, 5) is 6.19. The van der Waals surface area contributed by atoms with E-state index in [0.717, 1.165) is 26.6 Å². The van der Waals surface area contributed by atoms with Gasteiger partial charge in [0.05, 0.1) is 16.9 Å². The van der Waals surface area contributed by atoms with Gasteiger partial charge in [-0.05, 0) is 35.9 Å². The number of benzene rings is 2. The fraction of sp³-hybridized carbons (Fsp3) is 0.211. The number of aromatic nitrogens is 1. The molecule has 2 heterocycles. The summed E-state index contributed by atoms with van der Waals surface area (Å²) in [6.45, 7) is 0.194. The Bertz CT molecular complexity index is 958. The number of hydrogen-bond acceptors (Lipinski definition) is 3. The van der Waals surface area contributed by atoms with Gasteiger partial charge in [-0.25, -0.2) is 0 Å². The van der Waals surface area contributed by atoms with E-state index < -0.39 is 12.2 Å². The molecule has 0 amide bonds. The van der Waals surface area contributed by atoms with E-state index in [2.05, 4.69) is 26.2 Å². The minimum atomic E-state index is -4.32. The molecule has 26 heavy (non-hydrogen) atoms. The predicted octanol–water partition coefficient (Wildman–Crippen LogP) is 5.36. The van der Waals surface area contributed by atoms with Crippen LogP contribution in [-0.4, -0.2) is 23.7 Å². The molecule has 0 radical (unpaired) electrons. The molecule has 134 valence electrons.